The number of nitrogen functional groups attached to an aromatic ring is 1. The van der Waals surface area contributed by atoms with E-state index in [2.05, 4.69) is 75.2 Å². The van der Waals surface area contributed by atoms with Gasteiger partial charge in [0.25, 0.3) is 0 Å². The van der Waals surface area contributed by atoms with Crippen LogP contribution in [0, 0.1) is 5.92 Å². The molecule has 1 fully saturated rings. The summed E-state index contributed by atoms with van der Waals surface area (Å²) in [5.74, 6) is 2.44. The van der Waals surface area contributed by atoms with Crippen LogP contribution in [0.3, 0.4) is 0 Å². The number of nitrogens with zero attached hydrogens (tertiary/aromatic N) is 4. The molecule has 2 aromatic carbocycles. The minimum atomic E-state index is 0.675. The van der Waals surface area contributed by atoms with Crippen LogP contribution >= 0.6 is 0 Å². The Hall–Kier alpha value is -3.08. The number of hydrogen-bond donors (Lipinski definition) is 1. The van der Waals surface area contributed by atoms with Crippen LogP contribution < -0.4 is 15.5 Å². The zero-order valence-electron chi connectivity index (χ0n) is 17.0. The Balaban J connectivity index is 1.65. The topological polar surface area (TPSA) is 58.3 Å². The van der Waals surface area contributed by atoms with Crippen molar-refractivity contribution in [2.45, 2.75) is 32.9 Å². The van der Waals surface area contributed by atoms with E-state index in [-0.39, 0.29) is 0 Å². The Morgan fingerprint density at radius 3 is 2.00 bits per heavy atom. The van der Waals surface area contributed by atoms with Crippen molar-refractivity contribution >= 4 is 17.3 Å². The lowest BCUT2D eigenvalue weighted by atomic mass is 9.99. The standard InChI is InChI=1S/C24H29N5/c1-19-12-14-28(15-13-19)23-22(25)24(27-18-26-23)29(16-20-8-4-2-5-9-20)17-21-10-6-3-7-11-21/h2-11,18-19H,12-17,25H2,1H3. The second-order valence-electron chi connectivity index (χ2n) is 7.93. The Morgan fingerprint density at radius 2 is 1.45 bits per heavy atom. The fourth-order valence-corrected chi connectivity index (χ4v) is 3.91. The first-order chi connectivity index (χ1) is 14.2. The summed E-state index contributed by atoms with van der Waals surface area (Å²) < 4.78 is 0. The van der Waals surface area contributed by atoms with Gasteiger partial charge in [0.15, 0.2) is 11.6 Å². The molecule has 3 aromatic rings. The van der Waals surface area contributed by atoms with Crippen LogP contribution in [0.1, 0.15) is 30.9 Å². The van der Waals surface area contributed by atoms with Gasteiger partial charge >= 0.3 is 0 Å². The van der Waals surface area contributed by atoms with Gasteiger partial charge in [0, 0.05) is 26.2 Å². The van der Waals surface area contributed by atoms with Gasteiger partial charge in [-0.15, -0.1) is 0 Å². The molecule has 0 atom stereocenters. The van der Waals surface area contributed by atoms with Gasteiger partial charge < -0.3 is 15.5 Å². The van der Waals surface area contributed by atoms with Gasteiger partial charge in [0.05, 0.1) is 0 Å². The molecule has 0 amide bonds. The SMILES string of the molecule is CC1CCN(c2ncnc(N(Cc3ccccc3)Cc3ccccc3)c2N)CC1. The summed E-state index contributed by atoms with van der Waals surface area (Å²) in [5.41, 5.74) is 9.79. The van der Waals surface area contributed by atoms with Crippen molar-refractivity contribution in [1.82, 2.24) is 9.97 Å². The van der Waals surface area contributed by atoms with E-state index in [1.54, 1.807) is 6.33 Å². The average Bonchev–Trinajstić information content (AvgIpc) is 2.76. The third kappa shape index (κ3) is 4.67. The van der Waals surface area contributed by atoms with E-state index in [0.29, 0.717) is 5.69 Å². The lowest BCUT2D eigenvalue weighted by molar-refractivity contribution is 0.437. The van der Waals surface area contributed by atoms with E-state index >= 15 is 0 Å². The molecule has 4 rings (SSSR count). The molecule has 0 unspecified atom stereocenters. The van der Waals surface area contributed by atoms with E-state index in [0.717, 1.165) is 43.7 Å². The summed E-state index contributed by atoms with van der Waals surface area (Å²) in [6, 6.07) is 20.9. The number of aromatic nitrogens is 2. The van der Waals surface area contributed by atoms with Crippen LogP contribution in [-0.4, -0.2) is 23.1 Å². The van der Waals surface area contributed by atoms with Gasteiger partial charge in [0.1, 0.15) is 12.0 Å². The maximum absolute atomic E-state index is 6.65. The molecule has 2 N–H and O–H groups in total. The zero-order valence-corrected chi connectivity index (χ0v) is 17.0. The van der Waals surface area contributed by atoms with Crippen molar-refractivity contribution in [3.8, 4) is 0 Å². The van der Waals surface area contributed by atoms with Crippen molar-refractivity contribution in [2.75, 3.05) is 28.6 Å². The van der Waals surface area contributed by atoms with Crippen LogP contribution in [0.15, 0.2) is 67.0 Å². The van der Waals surface area contributed by atoms with Crippen LogP contribution in [0.25, 0.3) is 0 Å². The molecule has 0 saturated carbocycles. The minimum Gasteiger partial charge on any atom is -0.393 e. The second-order valence-corrected chi connectivity index (χ2v) is 7.93. The van der Waals surface area contributed by atoms with E-state index in [4.69, 9.17) is 5.73 Å². The smallest absolute Gasteiger partial charge is 0.158 e. The Morgan fingerprint density at radius 1 is 0.897 bits per heavy atom. The highest BCUT2D eigenvalue weighted by molar-refractivity contribution is 5.76. The van der Waals surface area contributed by atoms with Crippen molar-refractivity contribution in [2.24, 2.45) is 5.92 Å². The van der Waals surface area contributed by atoms with Gasteiger partial charge in [-0.3, -0.25) is 0 Å². The highest BCUT2D eigenvalue weighted by Crippen LogP contribution is 2.33. The number of hydrogen-bond acceptors (Lipinski definition) is 5. The van der Waals surface area contributed by atoms with Crippen LogP contribution in [0.4, 0.5) is 17.3 Å². The van der Waals surface area contributed by atoms with Gasteiger partial charge in [0.2, 0.25) is 0 Å². The molecule has 0 bridgehead atoms. The molecule has 1 aromatic heterocycles. The Bertz CT molecular complexity index is 864. The summed E-state index contributed by atoms with van der Waals surface area (Å²) in [5, 5.41) is 0. The van der Waals surface area contributed by atoms with Gasteiger partial charge in [-0.05, 0) is 29.9 Å². The van der Waals surface area contributed by atoms with Crippen LogP contribution in [0.5, 0.6) is 0 Å². The molecule has 0 spiro atoms. The predicted molar refractivity (Wildman–Crippen MR) is 120 cm³/mol. The molecule has 0 aliphatic carbocycles. The summed E-state index contributed by atoms with van der Waals surface area (Å²) in [7, 11) is 0. The zero-order chi connectivity index (χ0) is 20.1. The lowest BCUT2D eigenvalue weighted by Gasteiger charge is -2.33. The number of anilines is 3. The molecule has 0 radical (unpaired) electrons. The summed E-state index contributed by atoms with van der Waals surface area (Å²) in [6.45, 7) is 5.80. The van der Waals surface area contributed by atoms with Crippen LogP contribution in [-0.2, 0) is 13.1 Å². The predicted octanol–water partition coefficient (Wildman–Crippen LogP) is 4.50. The molecule has 2 heterocycles. The normalized spacial score (nSPS) is 14.7. The average molecular weight is 388 g/mol. The van der Waals surface area contributed by atoms with Crippen molar-refractivity contribution in [3.63, 3.8) is 0 Å². The summed E-state index contributed by atoms with van der Waals surface area (Å²) in [6.07, 6.45) is 4.01. The highest BCUT2D eigenvalue weighted by atomic mass is 15.3. The van der Waals surface area contributed by atoms with Crippen molar-refractivity contribution in [3.05, 3.63) is 78.1 Å². The van der Waals surface area contributed by atoms with Gasteiger partial charge in [-0.25, -0.2) is 9.97 Å². The maximum atomic E-state index is 6.65. The Labute approximate surface area is 173 Å². The molecular weight excluding hydrogens is 358 g/mol. The number of rotatable bonds is 6. The summed E-state index contributed by atoms with van der Waals surface area (Å²) in [4.78, 5) is 13.7. The highest BCUT2D eigenvalue weighted by Gasteiger charge is 2.22. The lowest BCUT2D eigenvalue weighted by Crippen LogP contribution is -2.34. The first-order valence-electron chi connectivity index (χ1n) is 10.4. The second kappa shape index (κ2) is 8.95. The van der Waals surface area contributed by atoms with E-state index in [1.165, 1.54) is 24.0 Å². The molecule has 150 valence electrons. The minimum absolute atomic E-state index is 0.675. The molecule has 5 nitrogen and oxygen atoms in total. The van der Waals surface area contributed by atoms with Crippen molar-refractivity contribution < 1.29 is 0 Å². The fraction of sp³-hybridized carbons (Fsp3) is 0.333. The van der Waals surface area contributed by atoms with Gasteiger partial charge in [-0.2, -0.15) is 0 Å². The van der Waals surface area contributed by atoms with Gasteiger partial charge in [-0.1, -0.05) is 67.6 Å². The maximum Gasteiger partial charge on any atom is 0.158 e. The third-order valence-electron chi connectivity index (χ3n) is 5.66. The van der Waals surface area contributed by atoms with E-state index < -0.39 is 0 Å². The van der Waals surface area contributed by atoms with E-state index in [1.807, 2.05) is 12.1 Å². The number of piperidine rings is 1. The van der Waals surface area contributed by atoms with Crippen LogP contribution in [0.2, 0.25) is 0 Å². The molecule has 29 heavy (non-hydrogen) atoms. The number of benzene rings is 2. The monoisotopic (exact) mass is 387 g/mol. The molecule has 5 heteroatoms. The molecule has 1 aliphatic rings. The molecular formula is C24H29N5. The first kappa shape index (κ1) is 19.2. The van der Waals surface area contributed by atoms with Crippen molar-refractivity contribution in [1.29, 1.82) is 0 Å². The number of nitrogens with two attached hydrogens (primary N) is 1. The fourth-order valence-electron chi connectivity index (χ4n) is 3.91. The molecule has 1 aliphatic heterocycles. The Kier molecular flexibility index (Phi) is 5.94. The third-order valence-corrected chi connectivity index (χ3v) is 5.66. The first-order valence-corrected chi connectivity index (χ1v) is 10.4. The summed E-state index contributed by atoms with van der Waals surface area (Å²) >= 11 is 0. The largest absolute Gasteiger partial charge is 0.393 e. The quantitative estimate of drug-likeness (QED) is 0.675. The molecule has 1 saturated heterocycles. The van der Waals surface area contributed by atoms with E-state index in [9.17, 15) is 0 Å².